The summed E-state index contributed by atoms with van der Waals surface area (Å²) >= 11 is 3.33. The van der Waals surface area contributed by atoms with E-state index in [1.807, 2.05) is 0 Å². The van der Waals surface area contributed by atoms with Gasteiger partial charge in [-0.1, -0.05) is 0 Å². The molecule has 0 bridgehead atoms. The average molecular weight is 308 g/mol. The fraction of sp³-hybridized carbons (Fsp3) is 0.462. The Morgan fingerprint density at radius 3 is 2.78 bits per heavy atom. The molecule has 1 amide bonds. The van der Waals surface area contributed by atoms with Crippen LogP contribution in [0.5, 0.6) is 0 Å². The highest BCUT2D eigenvalue weighted by molar-refractivity contribution is 9.10. The van der Waals surface area contributed by atoms with E-state index in [2.05, 4.69) is 27.0 Å². The maximum atomic E-state index is 12.5. The quantitative estimate of drug-likeness (QED) is 0.862. The van der Waals surface area contributed by atoms with E-state index in [9.17, 15) is 10.1 Å². The van der Waals surface area contributed by atoms with Crippen molar-refractivity contribution in [1.29, 1.82) is 5.26 Å². The number of amides is 1. The van der Waals surface area contributed by atoms with Crippen molar-refractivity contribution >= 4 is 21.8 Å². The molecule has 5 heteroatoms. The van der Waals surface area contributed by atoms with Crippen LogP contribution < -0.4 is 0 Å². The molecule has 0 saturated heterocycles. The van der Waals surface area contributed by atoms with E-state index in [0.29, 0.717) is 10.2 Å². The molecule has 1 aliphatic rings. The maximum Gasteiger partial charge on any atom is 0.275 e. The Labute approximate surface area is 115 Å². The van der Waals surface area contributed by atoms with E-state index in [1.165, 1.54) is 0 Å². The van der Waals surface area contributed by atoms with Gasteiger partial charge in [0.1, 0.15) is 11.2 Å². The van der Waals surface area contributed by atoms with Gasteiger partial charge in [0.25, 0.3) is 5.91 Å². The molecular weight excluding hydrogens is 294 g/mol. The Morgan fingerprint density at radius 2 is 2.28 bits per heavy atom. The van der Waals surface area contributed by atoms with Gasteiger partial charge in [-0.2, -0.15) is 5.26 Å². The van der Waals surface area contributed by atoms with Gasteiger partial charge in [-0.15, -0.1) is 0 Å². The highest BCUT2D eigenvalue weighted by Crippen LogP contribution is 2.34. The molecule has 0 atom stereocenters. The SMILES string of the molecule is CC(C)(C#N)N(C(=O)c1ncccc1Br)C1CC1. The van der Waals surface area contributed by atoms with E-state index in [0.717, 1.165) is 12.8 Å². The first-order valence-electron chi connectivity index (χ1n) is 5.83. The number of aromatic nitrogens is 1. The molecule has 0 aromatic carbocycles. The van der Waals surface area contributed by atoms with Gasteiger partial charge in [-0.25, -0.2) is 4.98 Å². The lowest BCUT2D eigenvalue weighted by atomic mass is 10.0. The highest BCUT2D eigenvalue weighted by Gasteiger charge is 2.43. The summed E-state index contributed by atoms with van der Waals surface area (Å²) in [5, 5.41) is 9.23. The van der Waals surface area contributed by atoms with Gasteiger partial charge in [-0.05, 0) is 54.8 Å². The number of carbonyl (C=O) groups is 1. The molecule has 2 rings (SSSR count). The van der Waals surface area contributed by atoms with Crippen LogP contribution in [0.15, 0.2) is 22.8 Å². The number of halogens is 1. The Kier molecular flexibility index (Phi) is 3.40. The lowest BCUT2D eigenvalue weighted by Crippen LogP contribution is -2.48. The van der Waals surface area contributed by atoms with Crippen molar-refractivity contribution in [2.45, 2.75) is 38.3 Å². The largest absolute Gasteiger partial charge is 0.316 e. The number of carbonyl (C=O) groups excluding carboxylic acids is 1. The molecule has 0 spiro atoms. The van der Waals surface area contributed by atoms with Gasteiger partial charge in [-0.3, -0.25) is 4.79 Å². The minimum Gasteiger partial charge on any atom is -0.316 e. The summed E-state index contributed by atoms with van der Waals surface area (Å²) in [6, 6.07) is 5.91. The van der Waals surface area contributed by atoms with Gasteiger partial charge in [0.15, 0.2) is 0 Å². The normalized spacial score (nSPS) is 15.0. The molecule has 0 unspecified atom stereocenters. The van der Waals surface area contributed by atoms with Crippen molar-refractivity contribution in [3.63, 3.8) is 0 Å². The molecular formula is C13H14BrN3O. The molecule has 1 aromatic rings. The second kappa shape index (κ2) is 4.69. The van der Waals surface area contributed by atoms with Gasteiger partial charge < -0.3 is 4.90 Å². The van der Waals surface area contributed by atoms with Crippen molar-refractivity contribution in [2.75, 3.05) is 0 Å². The summed E-state index contributed by atoms with van der Waals surface area (Å²) in [4.78, 5) is 18.3. The molecule has 1 aliphatic carbocycles. The van der Waals surface area contributed by atoms with Gasteiger partial charge in [0, 0.05) is 16.7 Å². The number of nitriles is 1. The Morgan fingerprint density at radius 1 is 1.61 bits per heavy atom. The van der Waals surface area contributed by atoms with Crippen LogP contribution in [-0.2, 0) is 0 Å². The summed E-state index contributed by atoms with van der Waals surface area (Å²) in [5.41, 5.74) is -0.442. The second-order valence-corrected chi connectivity index (χ2v) is 5.77. The molecule has 0 radical (unpaired) electrons. The van der Waals surface area contributed by atoms with Crippen molar-refractivity contribution in [2.24, 2.45) is 0 Å². The topological polar surface area (TPSA) is 57.0 Å². The van der Waals surface area contributed by atoms with Gasteiger partial charge in [0.05, 0.1) is 6.07 Å². The third kappa shape index (κ3) is 2.39. The van der Waals surface area contributed by atoms with Crippen LogP contribution in [-0.4, -0.2) is 27.4 Å². The first kappa shape index (κ1) is 13.0. The first-order valence-corrected chi connectivity index (χ1v) is 6.62. The molecule has 1 fully saturated rings. The molecule has 4 nitrogen and oxygen atoms in total. The Hall–Kier alpha value is -1.41. The van der Waals surface area contributed by atoms with Crippen LogP contribution in [0.25, 0.3) is 0 Å². The van der Waals surface area contributed by atoms with E-state index < -0.39 is 5.54 Å². The van der Waals surface area contributed by atoms with Crippen LogP contribution in [0.2, 0.25) is 0 Å². The number of pyridine rings is 1. The number of rotatable bonds is 3. The van der Waals surface area contributed by atoms with E-state index in [-0.39, 0.29) is 11.9 Å². The smallest absolute Gasteiger partial charge is 0.275 e. The van der Waals surface area contributed by atoms with Crippen LogP contribution in [0.4, 0.5) is 0 Å². The van der Waals surface area contributed by atoms with Crippen LogP contribution >= 0.6 is 15.9 Å². The minimum atomic E-state index is -0.810. The fourth-order valence-electron chi connectivity index (χ4n) is 1.92. The van der Waals surface area contributed by atoms with Gasteiger partial charge >= 0.3 is 0 Å². The predicted octanol–water partition coefficient (Wildman–Crippen LogP) is 2.75. The number of hydrogen-bond acceptors (Lipinski definition) is 3. The molecule has 1 heterocycles. The Bertz CT molecular complexity index is 517. The fourth-order valence-corrected chi connectivity index (χ4v) is 2.34. The average Bonchev–Trinajstić information content (AvgIpc) is 3.14. The zero-order chi connectivity index (χ0) is 13.3. The van der Waals surface area contributed by atoms with Crippen molar-refractivity contribution in [1.82, 2.24) is 9.88 Å². The van der Waals surface area contributed by atoms with Crippen LogP contribution in [0.3, 0.4) is 0 Å². The third-order valence-electron chi connectivity index (χ3n) is 2.97. The molecule has 94 valence electrons. The summed E-state index contributed by atoms with van der Waals surface area (Å²) in [6.07, 6.45) is 3.51. The highest BCUT2D eigenvalue weighted by atomic mass is 79.9. The minimum absolute atomic E-state index is 0.168. The molecule has 0 aliphatic heterocycles. The standard InChI is InChI=1S/C13H14BrN3O/c1-13(2,8-15)17(9-5-6-9)12(18)11-10(14)4-3-7-16-11/h3-4,7,9H,5-6H2,1-2H3. The number of hydrogen-bond donors (Lipinski definition) is 0. The zero-order valence-corrected chi connectivity index (χ0v) is 11.9. The van der Waals surface area contributed by atoms with Gasteiger partial charge in [0.2, 0.25) is 0 Å². The summed E-state index contributed by atoms with van der Waals surface area (Å²) in [5.74, 6) is -0.184. The van der Waals surface area contributed by atoms with Crippen molar-refractivity contribution in [3.05, 3.63) is 28.5 Å². The summed E-state index contributed by atoms with van der Waals surface area (Å²) in [7, 11) is 0. The first-order chi connectivity index (χ1) is 8.47. The second-order valence-electron chi connectivity index (χ2n) is 4.91. The molecule has 1 saturated carbocycles. The lowest BCUT2D eigenvalue weighted by Gasteiger charge is -2.33. The molecule has 1 aromatic heterocycles. The zero-order valence-electron chi connectivity index (χ0n) is 10.4. The molecule has 0 N–H and O–H groups in total. The maximum absolute atomic E-state index is 12.5. The van der Waals surface area contributed by atoms with E-state index in [4.69, 9.17) is 0 Å². The molecule has 18 heavy (non-hydrogen) atoms. The number of nitrogens with zero attached hydrogens (tertiary/aromatic N) is 3. The van der Waals surface area contributed by atoms with Crippen molar-refractivity contribution in [3.8, 4) is 6.07 Å². The summed E-state index contributed by atoms with van der Waals surface area (Å²) < 4.78 is 0.661. The third-order valence-corrected chi connectivity index (χ3v) is 3.61. The monoisotopic (exact) mass is 307 g/mol. The lowest BCUT2D eigenvalue weighted by molar-refractivity contribution is 0.0608. The Balaban J connectivity index is 2.37. The van der Waals surface area contributed by atoms with E-state index in [1.54, 1.807) is 37.1 Å². The van der Waals surface area contributed by atoms with Crippen LogP contribution in [0.1, 0.15) is 37.2 Å². The van der Waals surface area contributed by atoms with Crippen molar-refractivity contribution < 1.29 is 4.79 Å². The predicted molar refractivity (Wildman–Crippen MR) is 70.8 cm³/mol. The summed E-state index contributed by atoms with van der Waals surface area (Å²) in [6.45, 7) is 3.53. The van der Waals surface area contributed by atoms with Crippen LogP contribution in [0, 0.1) is 11.3 Å². The van der Waals surface area contributed by atoms with E-state index >= 15 is 0 Å².